The lowest BCUT2D eigenvalue weighted by Gasteiger charge is -2.23. The molecule has 0 saturated carbocycles. The zero-order chi connectivity index (χ0) is 25.4. The van der Waals surface area contributed by atoms with Gasteiger partial charge in [0.25, 0.3) is 5.56 Å². The molecule has 36 heavy (non-hydrogen) atoms. The van der Waals surface area contributed by atoms with Crippen LogP contribution in [-0.2, 0) is 23.0 Å². The number of aromatic nitrogens is 3. The summed E-state index contributed by atoms with van der Waals surface area (Å²) < 4.78 is 37.8. The Balaban J connectivity index is 1.58. The summed E-state index contributed by atoms with van der Waals surface area (Å²) in [5, 5.41) is 0.870. The van der Waals surface area contributed by atoms with Gasteiger partial charge in [-0.1, -0.05) is 30.3 Å². The molecule has 0 amide bonds. The van der Waals surface area contributed by atoms with Crippen molar-refractivity contribution >= 4 is 43.7 Å². The number of aryl methyl sites for hydroxylation is 3. The van der Waals surface area contributed by atoms with Gasteiger partial charge in [-0.3, -0.25) is 4.79 Å². The predicted octanol–water partition coefficient (Wildman–Crippen LogP) is 4.89. The number of hydrogen-bond donors (Lipinski definition) is 1. The summed E-state index contributed by atoms with van der Waals surface area (Å²) in [6.07, 6.45) is 0.515. The van der Waals surface area contributed by atoms with Gasteiger partial charge in [-0.15, -0.1) is 0 Å². The lowest BCUT2D eigenvalue weighted by Crippen LogP contribution is -2.34. The second-order valence-corrected chi connectivity index (χ2v) is 11.5. The number of sulfonamides is 1. The number of aromatic amines is 1. The van der Waals surface area contributed by atoms with Crippen molar-refractivity contribution < 1.29 is 8.42 Å². The third-order valence-electron chi connectivity index (χ3n) is 6.64. The summed E-state index contributed by atoms with van der Waals surface area (Å²) in [7, 11) is -3.98. The van der Waals surface area contributed by atoms with Gasteiger partial charge in [0.1, 0.15) is 15.9 Å². The zero-order valence-electron chi connectivity index (χ0n) is 20.3. The molecule has 5 aromatic rings. The molecule has 0 unspecified atom stereocenters. The first-order valence-corrected chi connectivity index (χ1v) is 13.8. The standard InChI is InChI=1S/C27H26N4O3S2/c1-17-7-4-5-8-20(17)11-12-31(36(33,34)25-10-6-9-23-26(25)30-35-29-23)16-22-15-21-13-18(2)19(3)14-24(21)28-27(22)32/h4-10,13-15H,11-12,16H2,1-3H3,(H,28,32). The Morgan fingerprint density at radius 3 is 2.47 bits per heavy atom. The maximum absolute atomic E-state index is 14.0. The highest BCUT2D eigenvalue weighted by Crippen LogP contribution is 2.26. The van der Waals surface area contributed by atoms with Crippen LogP contribution in [0.2, 0.25) is 0 Å². The van der Waals surface area contributed by atoms with Crippen LogP contribution in [0.5, 0.6) is 0 Å². The average Bonchev–Trinajstić information content (AvgIpc) is 3.33. The van der Waals surface area contributed by atoms with Crippen molar-refractivity contribution in [2.45, 2.75) is 38.6 Å². The van der Waals surface area contributed by atoms with Crippen LogP contribution >= 0.6 is 11.7 Å². The number of nitrogens with zero attached hydrogens (tertiary/aromatic N) is 3. The van der Waals surface area contributed by atoms with Crippen LogP contribution in [0.1, 0.15) is 27.8 Å². The van der Waals surface area contributed by atoms with Crippen LogP contribution < -0.4 is 5.56 Å². The van der Waals surface area contributed by atoms with E-state index in [0.717, 1.165) is 44.9 Å². The van der Waals surface area contributed by atoms with E-state index < -0.39 is 10.0 Å². The Kier molecular flexibility index (Phi) is 6.46. The molecule has 3 aromatic carbocycles. The molecule has 0 radical (unpaired) electrons. The van der Waals surface area contributed by atoms with Crippen molar-refractivity contribution in [2.24, 2.45) is 0 Å². The lowest BCUT2D eigenvalue weighted by atomic mass is 10.0. The van der Waals surface area contributed by atoms with Gasteiger partial charge in [0, 0.05) is 24.2 Å². The Morgan fingerprint density at radius 2 is 1.67 bits per heavy atom. The third-order valence-corrected chi connectivity index (χ3v) is 9.06. The number of hydrogen-bond acceptors (Lipinski definition) is 6. The van der Waals surface area contributed by atoms with E-state index in [2.05, 4.69) is 13.7 Å². The normalized spacial score (nSPS) is 12.1. The van der Waals surface area contributed by atoms with Crippen molar-refractivity contribution in [3.63, 3.8) is 0 Å². The number of fused-ring (bicyclic) bond motifs is 2. The summed E-state index contributed by atoms with van der Waals surface area (Å²) in [6, 6.07) is 18.6. The van der Waals surface area contributed by atoms with Crippen LogP contribution in [0, 0.1) is 20.8 Å². The van der Waals surface area contributed by atoms with E-state index in [-0.39, 0.29) is 23.5 Å². The first kappa shape index (κ1) is 24.3. The SMILES string of the molecule is Cc1cc2cc(CN(CCc3ccccc3C)S(=O)(=O)c3cccc4nsnc34)c(=O)[nH]c2cc1C. The molecule has 0 fully saturated rings. The fourth-order valence-electron chi connectivity index (χ4n) is 4.38. The Hall–Kier alpha value is -3.40. The molecule has 0 aliphatic carbocycles. The highest BCUT2D eigenvalue weighted by atomic mass is 32.2. The van der Waals surface area contributed by atoms with Crippen LogP contribution in [0.15, 0.2) is 70.4 Å². The molecule has 0 bridgehead atoms. The maximum atomic E-state index is 14.0. The van der Waals surface area contributed by atoms with Gasteiger partial charge >= 0.3 is 0 Å². The first-order valence-electron chi connectivity index (χ1n) is 11.6. The summed E-state index contributed by atoms with van der Waals surface area (Å²) in [5.74, 6) is 0. The van der Waals surface area contributed by atoms with Gasteiger partial charge in [0.2, 0.25) is 10.0 Å². The lowest BCUT2D eigenvalue weighted by molar-refractivity contribution is 0.408. The summed E-state index contributed by atoms with van der Waals surface area (Å²) in [4.78, 5) is 16.1. The molecule has 7 nitrogen and oxygen atoms in total. The van der Waals surface area contributed by atoms with Crippen molar-refractivity contribution in [3.8, 4) is 0 Å². The molecule has 1 N–H and O–H groups in total. The van der Waals surface area contributed by atoms with E-state index in [0.29, 0.717) is 23.0 Å². The average molecular weight is 519 g/mol. The summed E-state index contributed by atoms with van der Waals surface area (Å²) >= 11 is 0.979. The van der Waals surface area contributed by atoms with Crippen molar-refractivity contribution in [3.05, 3.63) is 98.8 Å². The molecule has 0 atom stereocenters. The van der Waals surface area contributed by atoms with E-state index in [9.17, 15) is 13.2 Å². The number of rotatable bonds is 7. The summed E-state index contributed by atoms with van der Waals surface area (Å²) in [6.45, 7) is 6.18. The third kappa shape index (κ3) is 4.57. The van der Waals surface area contributed by atoms with Crippen LogP contribution in [0.25, 0.3) is 21.9 Å². The number of nitrogens with one attached hydrogen (secondary N) is 1. The first-order chi connectivity index (χ1) is 17.2. The van der Waals surface area contributed by atoms with Crippen molar-refractivity contribution in [2.75, 3.05) is 6.54 Å². The van der Waals surface area contributed by atoms with Crippen molar-refractivity contribution in [1.82, 2.24) is 18.0 Å². The molecule has 5 rings (SSSR count). The smallest absolute Gasteiger partial charge is 0.252 e. The van der Waals surface area contributed by atoms with E-state index in [4.69, 9.17) is 0 Å². The largest absolute Gasteiger partial charge is 0.322 e. The van der Waals surface area contributed by atoms with Gasteiger partial charge in [0.05, 0.1) is 11.7 Å². The predicted molar refractivity (Wildman–Crippen MR) is 144 cm³/mol. The molecule has 2 heterocycles. The highest BCUT2D eigenvalue weighted by Gasteiger charge is 2.28. The molecule has 2 aromatic heterocycles. The monoisotopic (exact) mass is 518 g/mol. The quantitative estimate of drug-likeness (QED) is 0.331. The van der Waals surface area contributed by atoms with E-state index in [1.54, 1.807) is 24.3 Å². The van der Waals surface area contributed by atoms with E-state index in [1.807, 2.05) is 57.2 Å². The van der Waals surface area contributed by atoms with Gasteiger partial charge in [-0.05, 0) is 85.2 Å². The highest BCUT2D eigenvalue weighted by molar-refractivity contribution is 7.89. The number of H-pyrrole nitrogens is 1. The molecule has 184 valence electrons. The maximum Gasteiger partial charge on any atom is 0.252 e. The minimum absolute atomic E-state index is 0.0552. The minimum atomic E-state index is -3.98. The Labute approximate surface area is 213 Å². The van der Waals surface area contributed by atoms with Crippen LogP contribution in [-0.4, -0.2) is 33.0 Å². The summed E-state index contributed by atoms with van der Waals surface area (Å²) in [5.41, 5.74) is 6.05. The topological polar surface area (TPSA) is 96.0 Å². The molecule has 0 aliphatic rings. The van der Waals surface area contributed by atoms with Crippen molar-refractivity contribution in [1.29, 1.82) is 0 Å². The van der Waals surface area contributed by atoms with Gasteiger partial charge in [-0.2, -0.15) is 13.1 Å². The zero-order valence-corrected chi connectivity index (χ0v) is 21.9. The molecule has 0 aliphatic heterocycles. The Morgan fingerprint density at radius 1 is 0.889 bits per heavy atom. The van der Waals surface area contributed by atoms with Crippen LogP contribution in [0.4, 0.5) is 0 Å². The fraction of sp³-hybridized carbons (Fsp3) is 0.222. The second kappa shape index (κ2) is 9.57. The minimum Gasteiger partial charge on any atom is -0.322 e. The van der Waals surface area contributed by atoms with Gasteiger partial charge in [0.15, 0.2) is 0 Å². The van der Waals surface area contributed by atoms with Crippen LogP contribution in [0.3, 0.4) is 0 Å². The Bertz CT molecular complexity index is 1760. The number of benzene rings is 3. The molecular formula is C27H26N4O3S2. The fourth-order valence-corrected chi connectivity index (χ4v) is 6.55. The van der Waals surface area contributed by atoms with Gasteiger partial charge < -0.3 is 4.98 Å². The molecular weight excluding hydrogens is 492 g/mol. The molecule has 9 heteroatoms. The molecule has 0 saturated heterocycles. The van der Waals surface area contributed by atoms with E-state index >= 15 is 0 Å². The van der Waals surface area contributed by atoms with E-state index in [1.165, 1.54) is 4.31 Å². The second-order valence-electron chi connectivity index (χ2n) is 9.05. The molecule has 0 spiro atoms. The number of pyridine rings is 1. The van der Waals surface area contributed by atoms with Gasteiger partial charge in [-0.25, -0.2) is 8.42 Å².